The third-order valence-corrected chi connectivity index (χ3v) is 5.94. The van der Waals surface area contributed by atoms with Crippen LogP contribution in [-0.2, 0) is 9.47 Å². The predicted molar refractivity (Wildman–Crippen MR) is 119 cm³/mol. The molecule has 2 rings (SSSR count). The van der Waals surface area contributed by atoms with E-state index < -0.39 is 11.9 Å². The fourth-order valence-corrected chi connectivity index (χ4v) is 4.14. The van der Waals surface area contributed by atoms with Gasteiger partial charge in [0.2, 0.25) is 0 Å². The first kappa shape index (κ1) is 25.1. The van der Waals surface area contributed by atoms with Crippen LogP contribution in [0.5, 0.6) is 0 Å². The number of carbonyl (C=O) groups is 2. The van der Waals surface area contributed by atoms with Crippen molar-refractivity contribution in [2.75, 3.05) is 32.2 Å². The molecule has 0 amide bonds. The molecule has 2 unspecified atom stereocenters. The normalized spacial score (nSPS) is 16.4. The molecule has 0 saturated heterocycles. The molecule has 3 N–H and O–H groups in total. The minimum Gasteiger partial charge on any atom is -0.465 e. The van der Waals surface area contributed by atoms with Crippen LogP contribution in [-0.4, -0.2) is 61.0 Å². The van der Waals surface area contributed by atoms with Gasteiger partial charge in [-0.05, 0) is 39.2 Å². The summed E-state index contributed by atoms with van der Waals surface area (Å²) < 4.78 is 9.94. The van der Waals surface area contributed by atoms with Crippen LogP contribution >= 0.6 is 0 Å². The molecule has 1 aliphatic rings. The zero-order valence-corrected chi connectivity index (χ0v) is 19.2. The van der Waals surface area contributed by atoms with E-state index in [4.69, 9.17) is 9.47 Å². The molecule has 1 fully saturated rings. The molecule has 8 nitrogen and oxygen atoms in total. The van der Waals surface area contributed by atoms with Gasteiger partial charge in [-0.1, -0.05) is 26.2 Å². The van der Waals surface area contributed by atoms with Crippen molar-refractivity contribution in [2.45, 2.75) is 71.4 Å². The van der Waals surface area contributed by atoms with Crippen LogP contribution in [0.2, 0.25) is 0 Å². The van der Waals surface area contributed by atoms with Gasteiger partial charge in [0.05, 0.1) is 25.0 Å². The molecule has 0 spiro atoms. The molecule has 1 aromatic rings. The quantitative estimate of drug-likeness (QED) is 0.455. The monoisotopic (exact) mass is 435 g/mol. The first-order valence-electron chi connectivity index (χ1n) is 11.3. The summed E-state index contributed by atoms with van der Waals surface area (Å²) in [6.45, 7) is 6.18. The highest BCUT2D eigenvalue weighted by molar-refractivity contribution is 5.99. The Kier molecular flexibility index (Phi) is 10.2. The van der Waals surface area contributed by atoms with E-state index in [9.17, 15) is 14.7 Å². The number of aliphatic hydroxyl groups excluding tert-OH is 1. The third-order valence-electron chi connectivity index (χ3n) is 5.94. The smallest absolute Gasteiger partial charge is 0.341 e. The van der Waals surface area contributed by atoms with E-state index in [1.54, 1.807) is 13.8 Å². The lowest BCUT2D eigenvalue weighted by Crippen LogP contribution is -2.46. The average molecular weight is 436 g/mol. The van der Waals surface area contributed by atoms with Gasteiger partial charge in [0.25, 0.3) is 0 Å². The van der Waals surface area contributed by atoms with Crippen molar-refractivity contribution in [3.8, 4) is 0 Å². The predicted octanol–water partition coefficient (Wildman–Crippen LogP) is 3.07. The number of aromatic nitrogens is 1. The number of aryl methyl sites for hydroxylation is 1. The molecule has 0 bridgehead atoms. The molecule has 174 valence electrons. The summed E-state index contributed by atoms with van der Waals surface area (Å²) in [5.74, 6) is -0.826. The van der Waals surface area contributed by atoms with Crippen molar-refractivity contribution in [3.63, 3.8) is 0 Å². The van der Waals surface area contributed by atoms with Crippen LogP contribution in [0.1, 0.15) is 78.8 Å². The van der Waals surface area contributed by atoms with Gasteiger partial charge >= 0.3 is 11.9 Å². The van der Waals surface area contributed by atoms with Gasteiger partial charge in [0.1, 0.15) is 11.4 Å². The fourth-order valence-electron chi connectivity index (χ4n) is 4.14. The number of hydrogen-bond acceptors (Lipinski definition) is 8. The lowest BCUT2D eigenvalue weighted by molar-refractivity contribution is 0.0527. The summed E-state index contributed by atoms with van der Waals surface area (Å²) in [7, 11) is 1.29. The highest BCUT2D eigenvalue weighted by atomic mass is 16.5. The summed E-state index contributed by atoms with van der Waals surface area (Å²) in [5, 5.41) is 17.0. The first-order chi connectivity index (χ1) is 14.9. The number of hydrogen-bond donors (Lipinski definition) is 3. The summed E-state index contributed by atoms with van der Waals surface area (Å²) in [6.07, 6.45) is 7.02. The Morgan fingerprint density at radius 2 is 1.90 bits per heavy atom. The lowest BCUT2D eigenvalue weighted by Gasteiger charge is -2.32. The number of anilines is 1. The van der Waals surface area contributed by atoms with E-state index >= 15 is 0 Å². The van der Waals surface area contributed by atoms with Crippen molar-refractivity contribution in [2.24, 2.45) is 5.92 Å². The van der Waals surface area contributed by atoms with Gasteiger partial charge in [-0.3, -0.25) is 0 Å². The second-order valence-corrected chi connectivity index (χ2v) is 8.07. The van der Waals surface area contributed by atoms with E-state index in [0.717, 1.165) is 6.42 Å². The molecule has 0 aromatic carbocycles. The van der Waals surface area contributed by atoms with Gasteiger partial charge < -0.3 is 25.2 Å². The van der Waals surface area contributed by atoms with Crippen molar-refractivity contribution in [3.05, 3.63) is 22.9 Å². The van der Waals surface area contributed by atoms with E-state index in [-0.39, 0.29) is 36.3 Å². The lowest BCUT2D eigenvalue weighted by atomic mass is 9.91. The number of nitrogens with one attached hydrogen (secondary N) is 2. The Morgan fingerprint density at radius 3 is 2.48 bits per heavy atom. The zero-order valence-electron chi connectivity index (χ0n) is 19.2. The molecular formula is C23H37N3O5. The molecule has 1 aromatic heterocycles. The van der Waals surface area contributed by atoms with Gasteiger partial charge in [-0.2, -0.15) is 0 Å². The molecule has 31 heavy (non-hydrogen) atoms. The Morgan fingerprint density at radius 1 is 1.19 bits per heavy atom. The zero-order chi connectivity index (χ0) is 22.8. The van der Waals surface area contributed by atoms with Crippen LogP contribution < -0.4 is 10.6 Å². The SMILES string of the molecule is CCOC(=O)c1cc(C(=O)OC)c(C)nc1NCC(CO)C(CC)NC1CCCCC1. The number of aliphatic hydroxyl groups is 1. The van der Waals surface area contributed by atoms with Crippen LogP contribution in [0, 0.1) is 12.8 Å². The van der Waals surface area contributed by atoms with Gasteiger partial charge in [-0.15, -0.1) is 0 Å². The van der Waals surface area contributed by atoms with Crippen LogP contribution in [0.3, 0.4) is 0 Å². The molecule has 0 radical (unpaired) electrons. The van der Waals surface area contributed by atoms with Crippen LogP contribution in [0.15, 0.2) is 6.07 Å². The number of carbonyl (C=O) groups excluding carboxylic acids is 2. The van der Waals surface area contributed by atoms with Gasteiger partial charge in [0, 0.05) is 31.2 Å². The standard InChI is InChI=1S/C23H37N3O5/c1-5-20(26-17-10-8-7-9-11-17)16(14-27)13-24-21-19(23(29)31-6-2)12-18(15(3)25-21)22(28)30-4/h12,16-17,20,26-27H,5-11,13-14H2,1-4H3,(H,24,25). The van der Waals surface area contributed by atoms with Gasteiger partial charge in [-0.25, -0.2) is 14.6 Å². The largest absolute Gasteiger partial charge is 0.465 e. The number of nitrogens with zero attached hydrogens (tertiary/aromatic N) is 1. The van der Waals surface area contributed by atoms with E-state index in [1.165, 1.54) is 45.3 Å². The maximum absolute atomic E-state index is 12.5. The average Bonchev–Trinajstić information content (AvgIpc) is 2.78. The molecule has 8 heteroatoms. The Bertz CT molecular complexity index is 734. The molecule has 2 atom stereocenters. The van der Waals surface area contributed by atoms with E-state index in [0.29, 0.717) is 24.1 Å². The Balaban J connectivity index is 2.18. The highest BCUT2D eigenvalue weighted by Gasteiger charge is 2.25. The van der Waals surface area contributed by atoms with Crippen LogP contribution in [0.4, 0.5) is 5.82 Å². The van der Waals surface area contributed by atoms with Crippen molar-refractivity contribution in [1.82, 2.24) is 10.3 Å². The minimum absolute atomic E-state index is 0.0131. The number of esters is 2. The molecule has 0 aliphatic heterocycles. The van der Waals surface area contributed by atoms with Crippen molar-refractivity contribution < 1.29 is 24.2 Å². The summed E-state index contributed by atoms with van der Waals surface area (Å²) in [5.41, 5.74) is 0.855. The summed E-state index contributed by atoms with van der Waals surface area (Å²) in [6, 6.07) is 2.10. The molecule has 1 heterocycles. The highest BCUT2D eigenvalue weighted by Crippen LogP contribution is 2.22. The first-order valence-corrected chi connectivity index (χ1v) is 11.3. The number of rotatable bonds is 11. The second-order valence-electron chi connectivity index (χ2n) is 8.07. The molecule has 1 saturated carbocycles. The van der Waals surface area contributed by atoms with Crippen LogP contribution in [0.25, 0.3) is 0 Å². The van der Waals surface area contributed by atoms with E-state index in [2.05, 4.69) is 22.5 Å². The fraction of sp³-hybridized carbons (Fsp3) is 0.696. The number of ether oxygens (including phenoxy) is 2. The summed E-state index contributed by atoms with van der Waals surface area (Å²) >= 11 is 0. The second kappa shape index (κ2) is 12.6. The summed E-state index contributed by atoms with van der Waals surface area (Å²) in [4.78, 5) is 29.0. The Labute approximate surface area is 185 Å². The maximum atomic E-state index is 12.5. The van der Waals surface area contributed by atoms with Gasteiger partial charge in [0.15, 0.2) is 0 Å². The molecular weight excluding hydrogens is 398 g/mol. The number of pyridine rings is 1. The number of methoxy groups -OCH3 is 1. The minimum atomic E-state index is -0.560. The topological polar surface area (TPSA) is 110 Å². The van der Waals surface area contributed by atoms with E-state index in [1.807, 2.05) is 0 Å². The third kappa shape index (κ3) is 6.90. The maximum Gasteiger partial charge on any atom is 0.341 e. The van der Waals surface area contributed by atoms with Crippen molar-refractivity contribution >= 4 is 17.8 Å². The Hall–Kier alpha value is -2.19. The van der Waals surface area contributed by atoms with Crippen molar-refractivity contribution in [1.29, 1.82) is 0 Å². The molecule has 1 aliphatic carbocycles.